The van der Waals surface area contributed by atoms with Gasteiger partial charge in [-0.25, -0.2) is 4.39 Å². The van der Waals surface area contributed by atoms with Crippen LogP contribution < -0.4 is 15.2 Å². The number of esters is 1. The lowest BCUT2D eigenvalue weighted by Gasteiger charge is -2.27. The summed E-state index contributed by atoms with van der Waals surface area (Å²) in [5.41, 5.74) is 7.50. The Morgan fingerprint density at radius 3 is 2.66 bits per heavy atom. The van der Waals surface area contributed by atoms with Crippen LogP contribution in [0.1, 0.15) is 22.6 Å². The molecule has 0 saturated heterocycles. The van der Waals surface area contributed by atoms with E-state index in [1.807, 2.05) is 48.5 Å². The third-order valence-electron chi connectivity index (χ3n) is 5.93. The van der Waals surface area contributed by atoms with Crippen molar-refractivity contribution in [1.82, 2.24) is 0 Å². The monoisotopic (exact) mass is 484 g/mol. The van der Waals surface area contributed by atoms with Gasteiger partial charge in [0, 0.05) is 22.2 Å². The number of fused-ring (bicyclic) bond motifs is 2. The van der Waals surface area contributed by atoms with Crippen LogP contribution in [0.15, 0.2) is 90.3 Å². The van der Waals surface area contributed by atoms with Crippen LogP contribution in [0.5, 0.6) is 11.5 Å². The fourth-order valence-corrected chi connectivity index (χ4v) is 4.62. The SMILES string of the molecule is N#CC1=C(N)Oc2cc(OC(=O)Cc3cccc4ccccc34)ccc2C1c1c(F)cccc1Cl. The minimum absolute atomic E-state index is 0.0465. The Bertz CT molecular complexity index is 1530. The van der Waals surface area contributed by atoms with Crippen LogP contribution in [-0.2, 0) is 11.2 Å². The number of hydrogen-bond acceptors (Lipinski definition) is 5. The molecule has 1 heterocycles. The van der Waals surface area contributed by atoms with Crippen molar-refractivity contribution in [2.45, 2.75) is 12.3 Å². The molecule has 0 spiro atoms. The molecular formula is C28H18ClFN2O3. The smallest absolute Gasteiger partial charge is 0.315 e. The van der Waals surface area contributed by atoms with Gasteiger partial charge < -0.3 is 15.2 Å². The normalized spacial score (nSPS) is 14.7. The van der Waals surface area contributed by atoms with E-state index in [9.17, 15) is 14.4 Å². The van der Waals surface area contributed by atoms with Crippen molar-refractivity contribution in [2.75, 3.05) is 0 Å². The van der Waals surface area contributed by atoms with Gasteiger partial charge in [0.2, 0.25) is 5.88 Å². The maximum absolute atomic E-state index is 14.8. The van der Waals surface area contributed by atoms with Crippen LogP contribution in [0.4, 0.5) is 4.39 Å². The lowest BCUT2D eigenvalue weighted by atomic mass is 9.83. The second-order valence-electron chi connectivity index (χ2n) is 8.05. The second-order valence-corrected chi connectivity index (χ2v) is 8.46. The molecule has 4 aromatic rings. The molecule has 35 heavy (non-hydrogen) atoms. The quantitative estimate of drug-likeness (QED) is 0.283. The third-order valence-corrected chi connectivity index (χ3v) is 6.25. The summed E-state index contributed by atoms with van der Waals surface area (Å²) < 4.78 is 26.0. The number of nitrogens with zero attached hydrogens (tertiary/aromatic N) is 1. The van der Waals surface area contributed by atoms with E-state index in [1.165, 1.54) is 18.2 Å². The average molecular weight is 485 g/mol. The zero-order valence-corrected chi connectivity index (χ0v) is 19.1. The Labute approximate surface area is 205 Å². The number of rotatable bonds is 4. The highest BCUT2D eigenvalue weighted by Gasteiger charge is 2.34. The highest BCUT2D eigenvalue weighted by Crippen LogP contribution is 2.46. The van der Waals surface area contributed by atoms with Crippen LogP contribution in [0.3, 0.4) is 0 Å². The molecule has 7 heteroatoms. The number of nitrogens with two attached hydrogens (primary N) is 1. The summed E-state index contributed by atoms with van der Waals surface area (Å²) in [5, 5.41) is 11.9. The van der Waals surface area contributed by atoms with E-state index in [1.54, 1.807) is 18.2 Å². The van der Waals surface area contributed by atoms with Crippen molar-refractivity contribution in [3.05, 3.63) is 118 Å². The van der Waals surface area contributed by atoms with Gasteiger partial charge in [-0.15, -0.1) is 0 Å². The van der Waals surface area contributed by atoms with Crippen molar-refractivity contribution < 1.29 is 18.7 Å². The van der Waals surface area contributed by atoms with Crippen molar-refractivity contribution in [3.63, 3.8) is 0 Å². The molecule has 0 bridgehead atoms. The highest BCUT2D eigenvalue weighted by atomic mass is 35.5. The van der Waals surface area contributed by atoms with E-state index in [0.717, 1.165) is 16.3 Å². The first kappa shape index (κ1) is 22.5. The maximum Gasteiger partial charge on any atom is 0.315 e. The predicted octanol–water partition coefficient (Wildman–Crippen LogP) is 6.00. The van der Waals surface area contributed by atoms with E-state index < -0.39 is 17.7 Å². The first-order chi connectivity index (χ1) is 17.0. The number of hydrogen-bond donors (Lipinski definition) is 1. The second kappa shape index (κ2) is 9.13. The minimum atomic E-state index is -0.863. The van der Waals surface area contributed by atoms with Crippen LogP contribution in [0.25, 0.3) is 10.8 Å². The fraction of sp³-hybridized carbons (Fsp3) is 0.0714. The van der Waals surface area contributed by atoms with Crippen LogP contribution in [-0.4, -0.2) is 5.97 Å². The number of carbonyl (C=O) groups is 1. The third kappa shape index (κ3) is 4.18. The number of ether oxygens (including phenoxy) is 2. The van der Waals surface area contributed by atoms with Gasteiger partial charge in [0.25, 0.3) is 0 Å². The van der Waals surface area contributed by atoms with Gasteiger partial charge in [-0.2, -0.15) is 5.26 Å². The number of allylic oxidation sites excluding steroid dienone is 1. The van der Waals surface area contributed by atoms with Gasteiger partial charge >= 0.3 is 5.97 Å². The molecule has 1 aliphatic heterocycles. The van der Waals surface area contributed by atoms with Crippen molar-refractivity contribution in [1.29, 1.82) is 5.26 Å². The molecule has 5 nitrogen and oxygen atoms in total. The Morgan fingerprint density at radius 2 is 1.86 bits per heavy atom. The van der Waals surface area contributed by atoms with Gasteiger partial charge in [0.15, 0.2) is 0 Å². The summed E-state index contributed by atoms with van der Waals surface area (Å²) in [6.07, 6.45) is 0.0768. The summed E-state index contributed by atoms with van der Waals surface area (Å²) >= 11 is 6.29. The van der Waals surface area contributed by atoms with Crippen molar-refractivity contribution in [3.8, 4) is 17.6 Å². The summed E-state index contributed by atoms with van der Waals surface area (Å²) in [6, 6.07) is 24.6. The molecule has 0 saturated carbocycles. The standard InChI is InChI=1S/C28H18ClFN2O3/c29-22-9-4-10-23(30)27(22)26-20-12-11-18(14-24(20)35-28(32)21(26)15-31)34-25(33)13-17-7-3-6-16-5-1-2-8-19(16)17/h1-12,14,26H,13,32H2. The predicted molar refractivity (Wildman–Crippen MR) is 130 cm³/mol. The van der Waals surface area contributed by atoms with E-state index in [2.05, 4.69) is 0 Å². The summed E-state index contributed by atoms with van der Waals surface area (Å²) in [7, 11) is 0. The summed E-state index contributed by atoms with van der Waals surface area (Å²) in [4.78, 5) is 12.7. The number of halogens is 2. The zero-order chi connectivity index (χ0) is 24.5. The highest BCUT2D eigenvalue weighted by molar-refractivity contribution is 6.31. The largest absolute Gasteiger partial charge is 0.440 e. The van der Waals surface area contributed by atoms with Crippen LogP contribution in [0, 0.1) is 17.1 Å². The van der Waals surface area contributed by atoms with Gasteiger partial charge in [-0.05, 0) is 34.5 Å². The molecule has 1 aliphatic rings. The Kier molecular flexibility index (Phi) is 5.86. The van der Waals surface area contributed by atoms with E-state index in [4.69, 9.17) is 26.8 Å². The van der Waals surface area contributed by atoms with Crippen molar-refractivity contribution in [2.24, 2.45) is 5.73 Å². The molecule has 172 valence electrons. The lowest BCUT2D eigenvalue weighted by molar-refractivity contribution is -0.133. The average Bonchev–Trinajstić information content (AvgIpc) is 2.84. The molecule has 4 aromatic carbocycles. The summed E-state index contributed by atoms with van der Waals surface area (Å²) in [6.45, 7) is 0. The molecule has 0 amide bonds. The topological polar surface area (TPSA) is 85.3 Å². The number of carbonyl (C=O) groups excluding carboxylic acids is 1. The van der Waals surface area contributed by atoms with Crippen LogP contribution in [0.2, 0.25) is 5.02 Å². The lowest BCUT2D eigenvalue weighted by Crippen LogP contribution is -2.22. The van der Waals surface area contributed by atoms with Gasteiger partial charge in [0.05, 0.1) is 12.3 Å². The summed E-state index contributed by atoms with van der Waals surface area (Å²) in [5.74, 6) is -1.56. The molecule has 2 N–H and O–H groups in total. The molecular weight excluding hydrogens is 467 g/mol. The van der Waals surface area contributed by atoms with Crippen LogP contribution >= 0.6 is 11.6 Å². The molecule has 0 fully saturated rings. The molecule has 0 aromatic heterocycles. The first-order valence-corrected chi connectivity index (χ1v) is 11.2. The van der Waals surface area contributed by atoms with Gasteiger partial charge in [-0.1, -0.05) is 66.2 Å². The maximum atomic E-state index is 14.8. The molecule has 1 unspecified atom stereocenters. The Morgan fingerprint density at radius 1 is 1.09 bits per heavy atom. The molecule has 0 radical (unpaired) electrons. The molecule has 0 aliphatic carbocycles. The number of nitriles is 1. The minimum Gasteiger partial charge on any atom is -0.440 e. The van der Waals surface area contributed by atoms with E-state index in [-0.39, 0.29) is 40.0 Å². The zero-order valence-electron chi connectivity index (χ0n) is 18.3. The molecule has 5 rings (SSSR count). The molecule has 1 atom stereocenters. The first-order valence-electron chi connectivity index (χ1n) is 10.8. The van der Waals surface area contributed by atoms with Gasteiger partial charge in [0.1, 0.15) is 29.0 Å². The van der Waals surface area contributed by atoms with Gasteiger partial charge in [-0.3, -0.25) is 4.79 Å². The fourth-order valence-electron chi connectivity index (χ4n) is 4.35. The van der Waals surface area contributed by atoms with Crippen molar-refractivity contribution >= 4 is 28.3 Å². The van der Waals surface area contributed by atoms with E-state index >= 15 is 0 Å². The number of benzene rings is 4. The van der Waals surface area contributed by atoms with E-state index in [0.29, 0.717) is 5.56 Å². The Balaban J connectivity index is 1.46. The Hall–Kier alpha value is -4.34.